The van der Waals surface area contributed by atoms with E-state index >= 15 is 0 Å². The lowest BCUT2D eigenvalue weighted by Gasteiger charge is -2.15. The van der Waals surface area contributed by atoms with Crippen LogP contribution in [0.3, 0.4) is 0 Å². The first-order chi connectivity index (χ1) is 8.21. The Bertz CT molecular complexity index is 456. The summed E-state index contributed by atoms with van der Waals surface area (Å²) in [5, 5.41) is 12.1. The number of halogens is 3. The summed E-state index contributed by atoms with van der Waals surface area (Å²) in [7, 11) is 0. The van der Waals surface area contributed by atoms with Crippen molar-refractivity contribution in [3.63, 3.8) is 0 Å². The molecule has 0 aliphatic heterocycles. The van der Waals surface area contributed by atoms with E-state index in [1.54, 1.807) is 5.32 Å². The molecule has 0 aromatic heterocycles. The predicted molar refractivity (Wildman–Crippen MR) is 55.7 cm³/mol. The number of amides is 1. The summed E-state index contributed by atoms with van der Waals surface area (Å²) in [6.45, 7) is 1.35. The molecule has 0 saturated heterocycles. The minimum Gasteiger partial charge on any atom is -0.342 e. The van der Waals surface area contributed by atoms with Crippen molar-refractivity contribution in [2.45, 2.75) is 19.1 Å². The number of rotatable bonds is 3. The molecule has 0 saturated carbocycles. The molecule has 8 heteroatoms. The molecule has 0 unspecified atom stereocenters. The molecule has 98 valence electrons. The Morgan fingerprint density at radius 2 is 1.83 bits per heavy atom. The Hall–Kier alpha value is -2.12. The summed E-state index contributed by atoms with van der Waals surface area (Å²) in [5.41, 5.74) is 0.172. The highest BCUT2D eigenvalue weighted by atomic mass is 19.4. The number of carbonyl (C=O) groups excluding carboxylic acids is 1. The van der Waals surface area contributed by atoms with Crippen LogP contribution in [-0.2, 0) is 4.79 Å². The van der Waals surface area contributed by atoms with E-state index < -0.39 is 23.0 Å². The highest BCUT2D eigenvalue weighted by Gasteiger charge is 2.39. The lowest BCUT2D eigenvalue weighted by atomic mass is 10.1. The first kappa shape index (κ1) is 13.9. The SMILES string of the molecule is C[C@H](NC(=O)C(F)(F)F)c1ccc([N+](=O)[O-])cc1. The molecule has 0 aliphatic rings. The molecule has 5 nitrogen and oxygen atoms in total. The highest BCUT2D eigenvalue weighted by molar-refractivity contribution is 5.82. The van der Waals surface area contributed by atoms with Crippen LogP contribution in [0.2, 0.25) is 0 Å². The van der Waals surface area contributed by atoms with Crippen molar-refractivity contribution < 1.29 is 22.9 Å². The van der Waals surface area contributed by atoms with Gasteiger partial charge >= 0.3 is 12.1 Å². The van der Waals surface area contributed by atoms with Gasteiger partial charge in [0.25, 0.3) is 5.69 Å². The van der Waals surface area contributed by atoms with Crippen LogP contribution in [0.4, 0.5) is 18.9 Å². The molecule has 1 aromatic carbocycles. The van der Waals surface area contributed by atoms with E-state index in [9.17, 15) is 28.1 Å². The van der Waals surface area contributed by atoms with Crippen LogP contribution in [0.25, 0.3) is 0 Å². The van der Waals surface area contributed by atoms with Gasteiger partial charge < -0.3 is 5.32 Å². The van der Waals surface area contributed by atoms with Gasteiger partial charge in [-0.3, -0.25) is 14.9 Å². The maximum Gasteiger partial charge on any atom is 0.471 e. The van der Waals surface area contributed by atoms with E-state index in [4.69, 9.17) is 0 Å². The zero-order valence-electron chi connectivity index (χ0n) is 9.19. The predicted octanol–water partition coefficient (Wildman–Crippen LogP) is 2.33. The molecule has 18 heavy (non-hydrogen) atoms. The molecule has 1 aromatic rings. The number of nitro groups is 1. The lowest BCUT2D eigenvalue weighted by molar-refractivity contribution is -0.384. The standard InChI is InChI=1S/C10H9F3N2O3/c1-6(14-9(16)10(11,12)13)7-2-4-8(5-3-7)15(17)18/h2-6H,1H3,(H,14,16)/t6-/m0/s1. The number of hydrogen-bond acceptors (Lipinski definition) is 3. The summed E-state index contributed by atoms with van der Waals surface area (Å²) < 4.78 is 36.0. The number of nitrogens with one attached hydrogen (secondary N) is 1. The Morgan fingerprint density at radius 1 is 1.33 bits per heavy atom. The fourth-order valence-electron chi connectivity index (χ4n) is 1.25. The summed E-state index contributed by atoms with van der Waals surface area (Å²) >= 11 is 0. The van der Waals surface area contributed by atoms with Crippen molar-refractivity contribution in [1.29, 1.82) is 0 Å². The first-order valence-electron chi connectivity index (χ1n) is 4.84. The van der Waals surface area contributed by atoms with Gasteiger partial charge in [-0.15, -0.1) is 0 Å². The minimum atomic E-state index is -4.95. The third-order valence-corrected chi connectivity index (χ3v) is 2.21. The Kier molecular flexibility index (Phi) is 3.89. The van der Waals surface area contributed by atoms with Crippen LogP contribution >= 0.6 is 0 Å². The number of alkyl halides is 3. The summed E-state index contributed by atoms with van der Waals surface area (Å²) in [6, 6.07) is 4.01. The fraction of sp³-hybridized carbons (Fsp3) is 0.300. The summed E-state index contributed by atoms with van der Waals surface area (Å²) in [5.74, 6) is -2.05. The van der Waals surface area contributed by atoms with Crippen molar-refractivity contribution in [2.75, 3.05) is 0 Å². The average molecular weight is 262 g/mol. The number of hydrogen-bond donors (Lipinski definition) is 1. The zero-order valence-corrected chi connectivity index (χ0v) is 9.19. The smallest absolute Gasteiger partial charge is 0.342 e. The molecule has 1 amide bonds. The first-order valence-corrected chi connectivity index (χ1v) is 4.84. The van der Waals surface area contributed by atoms with Crippen LogP contribution in [0, 0.1) is 10.1 Å². The van der Waals surface area contributed by atoms with Gasteiger partial charge in [-0.05, 0) is 12.5 Å². The van der Waals surface area contributed by atoms with Crippen molar-refractivity contribution in [3.05, 3.63) is 39.9 Å². The van der Waals surface area contributed by atoms with E-state index in [1.165, 1.54) is 19.1 Å². The Labute approximate surface area is 99.8 Å². The van der Waals surface area contributed by atoms with Crippen LogP contribution in [0.15, 0.2) is 24.3 Å². The number of benzene rings is 1. The van der Waals surface area contributed by atoms with Gasteiger partial charge in [0.05, 0.1) is 11.0 Å². The second-order valence-electron chi connectivity index (χ2n) is 3.54. The van der Waals surface area contributed by atoms with Gasteiger partial charge in [-0.2, -0.15) is 13.2 Å². The zero-order chi connectivity index (χ0) is 13.9. The van der Waals surface area contributed by atoms with E-state index in [0.29, 0.717) is 5.56 Å². The van der Waals surface area contributed by atoms with E-state index in [0.717, 1.165) is 12.1 Å². The van der Waals surface area contributed by atoms with Crippen molar-refractivity contribution in [1.82, 2.24) is 5.32 Å². The number of nitrogens with zero attached hydrogens (tertiary/aromatic N) is 1. The Balaban J connectivity index is 2.76. The molecule has 1 rings (SSSR count). The molecule has 1 N–H and O–H groups in total. The highest BCUT2D eigenvalue weighted by Crippen LogP contribution is 2.20. The van der Waals surface area contributed by atoms with Crippen LogP contribution in [-0.4, -0.2) is 17.0 Å². The summed E-state index contributed by atoms with van der Waals surface area (Å²) in [6.07, 6.45) is -4.95. The largest absolute Gasteiger partial charge is 0.471 e. The average Bonchev–Trinajstić information content (AvgIpc) is 2.27. The number of non-ortho nitro benzene ring substituents is 1. The molecule has 0 radical (unpaired) electrons. The molecular weight excluding hydrogens is 253 g/mol. The van der Waals surface area contributed by atoms with Crippen molar-refractivity contribution in [2.24, 2.45) is 0 Å². The van der Waals surface area contributed by atoms with Gasteiger partial charge in [0.1, 0.15) is 0 Å². The third kappa shape index (κ3) is 3.44. The lowest BCUT2D eigenvalue weighted by Crippen LogP contribution is -2.38. The van der Waals surface area contributed by atoms with Crippen molar-refractivity contribution in [3.8, 4) is 0 Å². The van der Waals surface area contributed by atoms with Crippen LogP contribution < -0.4 is 5.32 Å². The van der Waals surface area contributed by atoms with Crippen molar-refractivity contribution >= 4 is 11.6 Å². The Morgan fingerprint density at radius 3 is 2.22 bits per heavy atom. The quantitative estimate of drug-likeness (QED) is 0.671. The molecule has 0 fully saturated rings. The summed E-state index contributed by atoms with van der Waals surface area (Å²) in [4.78, 5) is 20.4. The maximum atomic E-state index is 12.0. The molecule has 0 heterocycles. The van der Waals surface area contributed by atoms with E-state index in [2.05, 4.69) is 0 Å². The van der Waals surface area contributed by atoms with E-state index in [1.807, 2.05) is 0 Å². The van der Waals surface area contributed by atoms with Gasteiger partial charge in [0.15, 0.2) is 0 Å². The maximum absolute atomic E-state index is 12.0. The monoisotopic (exact) mass is 262 g/mol. The molecule has 0 bridgehead atoms. The second kappa shape index (κ2) is 5.03. The van der Waals surface area contributed by atoms with Gasteiger partial charge in [0, 0.05) is 12.1 Å². The fourth-order valence-corrected chi connectivity index (χ4v) is 1.25. The molecule has 0 spiro atoms. The second-order valence-corrected chi connectivity index (χ2v) is 3.54. The number of nitro benzene ring substituents is 1. The molecule has 1 atom stereocenters. The number of carbonyl (C=O) groups is 1. The van der Waals surface area contributed by atoms with Gasteiger partial charge in [-0.1, -0.05) is 12.1 Å². The topological polar surface area (TPSA) is 72.2 Å². The molecule has 0 aliphatic carbocycles. The van der Waals surface area contributed by atoms with E-state index in [-0.39, 0.29) is 5.69 Å². The normalized spacial score (nSPS) is 12.9. The van der Waals surface area contributed by atoms with Crippen LogP contribution in [0.1, 0.15) is 18.5 Å². The third-order valence-electron chi connectivity index (χ3n) is 2.21. The van der Waals surface area contributed by atoms with Gasteiger partial charge in [-0.25, -0.2) is 0 Å². The van der Waals surface area contributed by atoms with Crippen LogP contribution in [0.5, 0.6) is 0 Å². The minimum absolute atomic E-state index is 0.173. The van der Waals surface area contributed by atoms with Gasteiger partial charge in [0.2, 0.25) is 0 Å². The molecular formula is C10H9F3N2O3.